The number of hydrogen-bond acceptors (Lipinski definition) is 0. The van der Waals surface area contributed by atoms with Gasteiger partial charge in [0.15, 0.2) is 0 Å². The Labute approximate surface area is 54.8 Å². The molecule has 0 aliphatic carbocycles. The monoisotopic (exact) mass is 132 g/mol. The first-order valence-corrected chi connectivity index (χ1v) is 4.87. The molecule has 0 nitrogen and oxygen atoms in total. The minimum absolute atomic E-state index is 0.653. The van der Waals surface area contributed by atoms with Crippen LogP contribution in [0.15, 0.2) is 0 Å². The Balaban J connectivity index is 3.58. The van der Waals surface area contributed by atoms with Gasteiger partial charge in [0.1, 0.15) is 0 Å². The maximum atomic E-state index is 2.37. The normalized spacial score (nSPS) is 13.5. The third-order valence-electron chi connectivity index (χ3n) is 2.16. The summed E-state index contributed by atoms with van der Waals surface area (Å²) in [5, 5.41) is 0.653. The van der Waals surface area contributed by atoms with Crippen molar-refractivity contribution < 1.29 is 0 Å². The fraction of sp³-hybridized carbons (Fsp3) is 1.00. The zero-order chi connectivity index (χ0) is 6.62. The summed E-state index contributed by atoms with van der Waals surface area (Å²) < 4.78 is 0. The average Bonchev–Trinajstić information content (AvgIpc) is 1.87. The first-order chi connectivity index (χ1) is 3.68. The lowest BCUT2D eigenvalue weighted by Gasteiger charge is -2.23. The summed E-state index contributed by atoms with van der Waals surface area (Å²) in [5.41, 5.74) is 0. The Morgan fingerprint density at radius 2 is 1.62 bits per heavy atom. The van der Waals surface area contributed by atoms with Gasteiger partial charge in [0.25, 0.3) is 0 Å². The van der Waals surface area contributed by atoms with Gasteiger partial charge in [-0.25, -0.2) is 0 Å². The van der Waals surface area contributed by atoms with E-state index in [1.807, 2.05) is 0 Å². The standard InChI is InChI=1S/C7H17P/c1-5-7(3,6-2)8-4/h8H,5-6H2,1-4H3. The molecule has 0 spiro atoms. The maximum absolute atomic E-state index is 2.37. The summed E-state index contributed by atoms with van der Waals surface area (Å²) in [5.74, 6) is 0. The highest BCUT2D eigenvalue weighted by Crippen LogP contribution is 2.34. The Morgan fingerprint density at radius 1 is 1.25 bits per heavy atom. The lowest BCUT2D eigenvalue weighted by Crippen LogP contribution is -2.13. The van der Waals surface area contributed by atoms with Crippen molar-refractivity contribution in [2.75, 3.05) is 6.66 Å². The van der Waals surface area contributed by atoms with E-state index in [9.17, 15) is 0 Å². The van der Waals surface area contributed by atoms with Crippen LogP contribution in [-0.2, 0) is 0 Å². The van der Waals surface area contributed by atoms with Crippen LogP contribution < -0.4 is 0 Å². The van der Waals surface area contributed by atoms with Gasteiger partial charge in [-0.1, -0.05) is 20.8 Å². The molecule has 0 saturated heterocycles. The molecule has 1 heteroatoms. The fourth-order valence-electron chi connectivity index (χ4n) is 0.604. The van der Waals surface area contributed by atoms with E-state index < -0.39 is 0 Å². The Kier molecular flexibility index (Phi) is 3.64. The molecule has 50 valence electrons. The van der Waals surface area contributed by atoms with Crippen LogP contribution in [0.1, 0.15) is 33.6 Å². The molecule has 0 heterocycles. The van der Waals surface area contributed by atoms with Crippen molar-refractivity contribution in [3.63, 3.8) is 0 Å². The van der Waals surface area contributed by atoms with E-state index in [0.29, 0.717) is 5.16 Å². The molecule has 0 aromatic carbocycles. The van der Waals surface area contributed by atoms with Crippen LogP contribution in [0.5, 0.6) is 0 Å². The molecule has 0 bridgehead atoms. The van der Waals surface area contributed by atoms with Crippen molar-refractivity contribution in [1.29, 1.82) is 0 Å². The molecule has 8 heavy (non-hydrogen) atoms. The molecular weight excluding hydrogens is 115 g/mol. The van der Waals surface area contributed by atoms with Crippen LogP contribution in [0.25, 0.3) is 0 Å². The summed E-state index contributed by atoms with van der Waals surface area (Å²) in [7, 11) is 1.10. The second kappa shape index (κ2) is 3.45. The quantitative estimate of drug-likeness (QED) is 0.518. The van der Waals surface area contributed by atoms with Crippen LogP contribution in [0.4, 0.5) is 0 Å². The van der Waals surface area contributed by atoms with Crippen molar-refractivity contribution in [3.8, 4) is 0 Å². The molecule has 0 amide bonds. The van der Waals surface area contributed by atoms with Gasteiger partial charge in [0.05, 0.1) is 0 Å². The van der Waals surface area contributed by atoms with Gasteiger partial charge in [-0.15, -0.1) is 8.58 Å². The van der Waals surface area contributed by atoms with Crippen LogP contribution in [0, 0.1) is 0 Å². The minimum atomic E-state index is 0.653. The smallest absolute Gasteiger partial charge is 0.0158 e. The van der Waals surface area contributed by atoms with E-state index >= 15 is 0 Å². The first kappa shape index (κ1) is 8.43. The summed E-state index contributed by atoms with van der Waals surface area (Å²) in [6.45, 7) is 9.22. The van der Waals surface area contributed by atoms with Gasteiger partial charge in [0, 0.05) is 0 Å². The van der Waals surface area contributed by atoms with Gasteiger partial charge in [-0.3, -0.25) is 0 Å². The molecule has 0 aromatic heterocycles. The average molecular weight is 132 g/mol. The van der Waals surface area contributed by atoms with Gasteiger partial charge in [0.2, 0.25) is 0 Å². The van der Waals surface area contributed by atoms with Crippen LogP contribution in [0.2, 0.25) is 0 Å². The summed E-state index contributed by atoms with van der Waals surface area (Å²) in [6.07, 6.45) is 2.66. The predicted octanol–water partition coefficient (Wildman–Crippen LogP) is 2.87. The van der Waals surface area contributed by atoms with Crippen molar-refractivity contribution in [1.82, 2.24) is 0 Å². The molecule has 0 rings (SSSR count). The second-order valence-corrected chi connectivity index (χ2v) is 4.22. The van der Waals surface area contributed by atoms with Gasteiger partial charge >= 0.3 is 0 Å². The lowest BCUT2D eigenvalue weighted by atomic mass is 10.1. The third kappa shape index (κ3) is 2.13. The number of rotatable bonds is 3. The first-order valence-electron chi connectivity index (χ1n) is 3.37. The van der Waals surface area contributed by atoms with E-state index in [4.69, 9.17) is 0 Å². The molecule has 0 aliphatic heterocycles. The molecule has 0 saturated carbocycles. The maximum Gasteiger partial charge on any atom is -0.0158 e. The largest absolute Gasteiger partial charge is 0.119 e. The van der Waals surface area contributed by atoms with Crippen molar-refractivity contribution in [2.24, 2.45) is 0 Å². The van der Waals surface area contributed by atoms with E-state index in [1.54, 1.807) is 0 Å². The van der Waals surface area contributed by atoms with Crippen molar-refractivity contribution in [2.45, 2.75) is 38.8 Å². The summed E-state index contributed by atoms with van der Waals surface area (Å²) in [6, 6.07) is 0. The van der Waals surface area contributed by atoms with Gasteiger partial charge in [-0.2, -0.15) is 0 Å². The predicted molar refractivity (Wildman–Crippen MR) is 43.2 cm³/mol. The molecule has 0 aromatic rings. The van der Waals surface area contributed by atoms with Crippen LogP contribution in [0.3, 0.4) is 0 Å². The molecule has 1 unspecified atom stereocenters. The van der Waals surface area contributed by atoms with E-state index in [1.165, 1.54) is 12.8 Å². The third-order valence-corrected chi connectivity index (χ3v) is 4.08. The van der Waals surface area contributed by atoms with Gasteiger partial charge in [-0.05, 0) is 24.7 Å². The molecule has 0 radical (unpaired) electrons. The van der Waals surface area contributed by atoms with Gasteiger partial charge < -0.3 is 0 Å². The highest BCUT2D eigenvalue weighted by Gasteiger charge is 2.15. The minimum Gasteiger partial charge on any atom is -0.119 e. The molecule has 0 N–H and O–H groups in total. The Bertz CT molecular complexity index is 47.1. The van der Waals surface area contributed by atoms with E-state index in [2.05, 4.69) is 27.4 Å². The number of hydrogen-bond donors (Lipinski definition) is 0. The molecular formula is C7H17P. The molecule has 0 aliphatic rings. The second-order valence-electron chi connectivity index (χ2n) is 2.52. The fourth-order valence-corrected chi connectivity index (χ4v) is 1.31. The topological polar surface area (TPSA) is 0 Å². The van der Waals surface area contributed by atoms with Crippen LogP contribution >= 0.6 is 8.58 Å². The Hall–Kier alpha value is 0.430. The van der Waals surface area contributed by atoms with E-state index in [-0.39, 0.29) is 0 Å². The zero-order valence-corrected chi connectivity index (χ0v) is 7.41. The Morgan fingerprint density at radius 3 is 1.62 bits per heavy atom. The summed E-state index contributed by atoms with van der Waals surface area (Å²) >= 11 is 0. The van der Waals surface area contributed by atoms with Crippen molar-refractivity contribution in [3.05, 3.63) is 0 Å². The lowest BCUT2D eigenvalue weighted by molar-refractivity contribution is 0.595. The molecule has 0 fully saturated rings. The highest BCUT2D eigenvalue weighted by atomic mass is 31.1. The molecule has 1 atom stereocenters. The zero-order valence-electron chi connectivity index (χ0n) is 6.41. The summed E-state index contributed by atoms with van der Waals surface area (Å²) in [4.78, 5) is 0. The SMILES string of the molecule is CCC(C)(CC)PC. The van der Waals surface area contributed by atoms with Crippen molar-refractivity contribution >= 4 is 8.58 Å². The van der Waals surface area contributed by atoms with E-state index in [0.717, 1.165) is 8.58 Å². The highest BCUT2D eigenvalue weighted by molar-refractivity contribution is 7.39. The van der Waals surface area contributed by atoms with Crippen LogP contribution in [-0.4, -0.2) is 11.8 Å².